The van der Waals surface area contributed by atoms with Gasteiger partial charge < -0.3 is 9.64 Å². The average molecular weight is 527 g/mol. The second-order valence-corrected chi connectivity index (χ2v) is 10.4. The Morgan fingerprint density at radius 2 is 1.79 bits per heavy atom. The summed E-state index contributed by atoms with van der Waals surface area (Å²) in [4.78, 5) is 17.8. The number of amides is 1. The van der Waals surface area contributed by atoms with Crippen LogP contribution < -0.4 is 4.74 Å². The fraction of sp³-hybridized carbons (Fsp3) is 0.312. The van der Waals surface area contributed by atoms with E-state index in [-0.39, 0.29) is 17.8 Å². The molecule has 0 radical (unpaired) electrons. The molecule has 0 bridgehead atoms. The zero-order valence-corrected chi connectivity index (χ0v) is 22.8. The molecule has 0 spiro atoms. The number of hydrogen-bond donors (Lipinski definition) is 0. The van der Waals surface area contributed by atoms with Crippen LogP contribution in [0.1, 0.15) is 41.9 Å². The number of rotatable bonds is 9. The highest BCUT2D eigenvalue weighted by molar-refractivity contribution is 5.79. The molecule has 1 amide bonds. The minimum absolute atomic E-state index is 0.00488. The Hall–Kier alpha value is -3.97. The molecule has 0 saturated carbocycles. The highest BCUT2D eigenvalue weighted by Crippen LogP contribution is 2.28. The van der Waals surface area contributed by atoms with Gasteiger partial charge in [-0.15, -0.1) is 0 Å². The van der Waals surface area contributed by atoms with Gasteiger partial charge in [-0.3, -0.25) is 9.69 Å². The standard InChI is InChI=1S/C32H35FN4O2/c1-23(2)36(32(38)18-24-12-14-28(39-3)15-13-24)22-30-29-21-35(20-25-8-5-4-6-9-25)17-16-31(29)37(34-30)27-11-7-10-26(33)19-27/h4-15,19,23H,16-18,20-22H2,1-3H3. The summed E-state index contributed by atoms with van der Waals surface area (Å²) < 4.78 is 21.3. The van der Waals surface area contributed by atoms with Gasteiger partial charge in [0.15, 0.2) is 0 Å². The Kier molecular flexibility index (Phi) is 8.07. The average Bonchev–Trinajstić information content (AvgIpc) is 3.30. The van der Waals surface area contributed by atoms with E-state index in [2.05, 4.69) is 29.2 Å². The molecule has 1 aliphatic rings. The molecule has 0 fully saturated rings. The van der Waals surface area contributed by atoms with Crippen molar-refractivity contribution in [1.82, 2.24) is 19.6 Å². The SMILES string of the molecule is COc1ccc(CC(=O)N(Cc2nn(-c3cccc(F)c3)c3c2CN(Cc2ccccc2)CC3)C(C)C)cc1. The number of nitrogens with zero attached hydrogens (tertiary/aromatic N) is 4. The summed E-state index contributed by atoms with van der Waals surface area (Å²) in [7, 11) is 1.63. The van der Waals surface area contributed by atoms with Gasteiger partial charge in [-0.25, -0.2) is 9.07 Å². The molecule has 5 rings (SSSR count). The van der Waals surface area contributed by atoms with E-state index in [1.807, 2.05) is 59.8 Å². The second-order valence-electron chi connectivity index (χ2n) is 10.4. The molecule has 0 aliphatic carbocycles. The van der Waals surface area contributed by atoms with E-state index in [0.29, 0.717) is 18.7 Å². The van der Waals surface area contributed by atoms with Gasteiger partial charge in [-0.05, 0) is 55.3 Å². The zero-order valence-electron chi connectivity index (χ0n) is 22.8. The van der Waals surface area contributed by atoms with Crippen molar-refractivity contribution in [2.45, 2.75) is 52.4 Å². The van der Waals surface area contributed by atoms with E-state index in [1.165, 1.54) is 17.7 Å². The van der Waals surface area contributed by atoms with Crippen molar-refractivity contribution >= 4 is 5.91 Å². The van der Waals surface area contributed by atoms with Crippen molar-refractivity contribution in [3.63, 3.8) is 0 Å². The van der Waals surface area contributed by atoms with Gasteiger partial charge in [-0.1, -0.05) is 48.5 Å². The lowest BCUT2D eigenvalue weighted by Gasteiger charge is -2.30. The van der Waals surface area contributed by atoms with Crippen LogP contribution >= 0.6 is 0 Å². The van der Waals surface area contributed by atoms with Crippen LogP contribution in [0.2, 0.25) is 0 Å². The molecule has 1 aromatic heterocycles. The van der Waals surface area contributed by atoms with Gasteiger partial charge in [0.1, 0.15) is 11.6 Å². The smallest absolute Gasteiger partial charge is 0.227 e. The number of carbonyl (C=O) groups excluding carboxylic acids is 1. The summed E-state index contributed by atoms with van der Waals surface area (Å²) in [5.74, 6) is 0.515. The van der Waals surface area contributed by atoms with Crippen LogP contribution in [0.3, 0.4) is 0 Å². The second kappa shape index (κ2) is 11.8. The van der Waals surface area contributed by atoms with E-state index in [1.54, 1.807) is 13.2 Å². The van der Waals surface area contributed by atoms with Crippen molar-refractivity contribution in [3.05, 3.63) is 113 Å². The maximum absolute atomic E-state index is 14.2. The summed E-state index contributed by atoms with van der Waals surface area (Å²) in [6.07, 6.45) is 1.10. The molecule has 1 aliphatic heterocycles. The predicted octanol–water partition coefficient (Wildman–Crippen LogP) is 5.56. The topological polar surface area (TPSA) is 50.6 Å². The number of ether oxygens (including phenoxy) is 1. The first kappa shape index (κ1) is 26.6. The molecule has 0 atom stereocenters. The normalized spacial score (nSPS) is 13.4. The molecular formula is C32H35FN4O2. The Bertz CT molecular complexity index is 1420. The van der Waals surface area contributed by atoms with Crippen LogP contribution in [-0.4, -0.2) is 45.2 Å². The van der Waals surface area contributed by atoms with Crippen molar-refractivity contribution in [1.29, 1.82) is 0 Å². The van der Waals surface area contributed by atoms with Gasteiger partial charge in [-0.2, -0.15) is 5.10 Å². The Balaban J connectivity index is 1.44. The molecule has 4 aromatic rings. The van der Waals surface area contributed by atoms with Crippen LogP contribution in [-0.2, 0) is 37.3 Å². The van der Waals surface area contributed by atoms with Crippen molar-refractivity contribution in [3.8, 4) is 11.4 Å². The highest BCUT2D eigenvalue weighted by Gasteiger charge is 2.28. The van der Waals surface area contributed by atoms with Crippen LogP contribution in [0.5, 0.6) is 5.75 Å². The molecule has 7 heteroatoms. The monoisotopic (exact) mass is 526 g/mol. The molecule has 2 heterocycles. The molecular weight excluding hydrogens is 491 g/mol. The van der Waals surface area contributed by atoms with E-state index < -0.39 is 0 Å². The van der Waals surface area contributed by atoms with Crippen LogP contribution in [0.25, 0.3) is 5.69 Å². The van der Waals surface area contributed by atoms with E-state index >= 15 is 0 Å². The summed E-state index contributed by atoms with van der Waals surface area (Å²) in [5.41, 5.74) is 5.99. The van der Waals surface area contributed by atoms with E-state index in [4.69, 9.17) is 9.84 Å². The number of methoxy groups -OCH3 is 1. The highest BCUT2D eigenvalue weighted by atomic mass is 19.1. The molecule has 202 valence electrons. The minimum atomic E-state index is -0.293. The van der Waals surface area contributed by atoms with Crippen molar-refractivity contribution in [2.75, 3.05) is 13.7 Å². The van der Waals surface area contributed by atoms with Crippen LogP contribution in [0.4, 0.5) is 4.39 Å². The van der Waals surface area contributed by atoms with Gasteiger partial charge in [0.2, 0.25) is 5.91 Å². The van der Waals surface area contributed by atoms with Gasteiger partial charge in [0, 0.05) is 37.7 Å². The summed E-state index contributed by atoms with van der Waals surface area (Å²) in [5, 5.41) is 4.99. The fourth-order valence-electron chi connectivity index (χ4n) is 5.21. The Labute approximate surface area is 229 Å². The minimum Gasteiger partial charge on any atom is -0.497 e. The quantitative estimate of drug-likeness (QED) is 0.287. The Morgan fingerprint density at radius 1 is 1.03 bits per heavy atom. The number of hydrogen-bond acceptors (Lipinski definition) is 4. The van der Waals surface area contributed by atoms with E-state index in [0.717, 1.165) is 54.3 Å². The summed E-state index contributed by atoms with van der Waals surface area (Å²) in [6, 6.07) is 24.6. The number of aromatic nitrogens is 2. The lowest BCUT2D eigenvalue weighted by molar-refractivity contribution is -0.132. The molecule has 39 heavy (non-hydrogen) atoms. The first-order valence-electron chi connectivity index (χ1n) is 13.5. The number of fused-ring (bicyclic) bond motifs is 1. The predicted molar refractivity (Wildman–Crippen MR) is 150 cm³/mol. The summed E-state index contributed by atoms with van der Waals surface area (Å²) >= 11 is 0. The molecule has 3 aromatic carbocycles. The van der Waals surface area contributed by atoms with Crippen LogP contribution in [0.15, 0.2) is 78.9 Å². The number of halogens is 1. The van der Waals surface area contributed by atoms with E-state index in [9.17, 15) is 9.18 Å². The third kappa shape index (κ3) is 6.20. The van der Waals surface area contributed by atoms with Gasteiger partial charge in [0.05, 0.1) is 37.2 Å². The summed E-state index contributed by atoms with van der Waals surface area (Å²) in [6.45, 7) is 6.92. The van der Waals surface area contributed by atoms with Crippen molar-refractivity contribution < 1.29 is 13.9 Å². The molecule has 6 nitrogen and oxygen atoms in total. The van der Waals surface area contributed by atoms with Gasteiger partial charge in [0.25, 0.3) is 0 Å². The molecule has 0 saturated heterocycles. The molecule has 0 unspecified atom stereocenters. The molecule has 0 N–H and O–H groups in total. The zero-order chi connectivity index (χ0) is 27.4. The largest absolute Gasteiger partial charge is 0.497 e. The maximum Gasteiger partial charge on any atom is 0.227 e. The first-order valence-corrected chi connectivity index (χ1v) is 13.5. The third-order valence-corrected chi connectivity index (χ3v) is 7.30. The fourth-order valence-corrected chi connectivity index (χ4v) is 5.21. The van der Waals surface area contributed by atoms with Crippen molar-refractivity contribution in [2.24, 2.45) is 0 Å². The lowest BCUT2D eigenvalue weighted by atomic mass is 10.0. The number of benzene rings is 3. The Morgan fingerprint density at radius 3 is 2.49 bits per heavy atom. The maximum atomic E-state index is 14.2. The van der Waals surface area contributed by atoms with Crippen LogP contribution in [0, 0.1) is 5.82 Å². The first-order chi connectivity index (χ1) is 18.9. The lowest BCUT2D eigenvalue weighted by Crippen LogP contribution is -2.38. The third-order valence-electron chi connectivity index (χ3n) is 7.30. The number of carbonyl (C=O) groups is 1. The van der Waals surface area contributed by atoms with Gasteiger partial charge >= 0.3 is 0 Å².